The van der Waals surface area contributed by atoms with Crippen molar-refractivity contribution in [3.63, 3.8) is 0 Å². The van der Waals surface area contributed by atoms with Gasteiger partial charge >= 0.3 is 0 Å². The molecule has 0 aromatic heterocycles. The third kappa shape index (κ3) is 9.73. The van der Waals surface area contributed by atoms with Gasteiger partial charge in [0.2, 0.25) is 0 Å². The number of hydrogen-bond acceptors (Lipinski definition) is 2. The van der Waals surface area contributed by atoms with Crippen LogP contribution in [0.2, 0.25) is 0 Å². The number of allylic oxidation sites excluding steroid dienone is 4. The van der Waals surface area contributed by atoms with E-state index in [2.05, 4.69) is 6.92 Å². The molecule has 0 aliphatic carbocycles. The van der Waals surface area contributed by atoms with Crippen molar-refractivity contribution in [2.75, 3.05) is 0 Å². The van der Waals surface area contributed by atoms with Gasteiger partial charge in [0.15, 0.2) is 5.78 Å². The topological polar surface area (TPSA) is 34.1 Å². The largest absolute Gasteiger partial charge is 0.303 e. The summed E-state index contributed by atoms with van der Waals surface area (Å²) in [5.41, 5.74) is -0.287. The summed E-state index contributed by atoms with van der Waals surface area (Å²) in [6.45, 7) is 5.94. The minimum atomic E-state index is -0.287. The quantitative estimate of drug-likeness (QED) is 0.346. The van der Waals surface area contributed by atoms with E-state index in [1.54, 1.807) is 12.2 Å². The van der Waals surface area contributed by atoms with Gasteiger partial charge < -0.3 is 4.79 Å². The van der Waals surface area contributed by atoms with Crippen LogP contribution in [0.1, 0.15) is 52.9 Å². The Morgan fingerprint density at radius 3 is 2.24 bits per heavy atom. The van der Waals surface area contributed by atoms with Crippen LogP contribution in [0, 0.1) is 5.41 Å². The highest BCUT2D eigenvalue weighted by Crippen LogP contribution is 2.18. The van der Waals surface area contributed by atoms with E-state index in [9.17, 15) is 9.59 Å². The third-order valence-electron chi connectivity index (χ3n) is 2.56. The van der Waals surface area contributed by atoms with Crippen molar-refractivity contribution in [2.24, 2.45) is 5.41 Å². The molecule has 0 unspecified atom stereocenters. The van der Waals surface area contributed by atoms with E-state index in [4.69, 9.17) is 0 Å². The fourth-order valence-corrected chi connectivity index (χ4v) is 1.29. The smallest absolute Gasteiger partial charge is 0.177 e. The first kappa shape index (κ1) is 15.8. The lowest BCUT2D eigenvalue weighted by Crippen LogP contribution is -2.11. The maximum Gasteiger partial charge on any atom is 0.177 e. The maximum absolute atomic E-state index is 11.4. The zero-order valence-electron chi connectivity index (χ0n) is 11.2. The molecule has 0 fully saturated rings. The van der Waals surface area contributed by atoms with Gasteiger partial charge in [-0.05, 0) is 31.4 Å². The zero-order valence-corrected chi connectivity index (χ0v) is 11.2. The highest BCUT2D eigenvalue weighted by molar-refractivity contribution is 5.99. The van der Waals surface area contributed by atoms with Crippen LogP contribution in [0.5, 0.6) is 0 Å². The van der Waals surface area contributed by atoms with Gasteiger partial charge in [-0.2, -0.15) is 0 Å². The Kier molecular flexibility index (Phi) is 8.29. The molecule has 0 aliphatic heterocycles. The number of carbonyl (C=O) groups is 2. The van der Waals surface area contributed by atoms with Crippen molar-refractivity contribution < 1.29 is 9.59 Å². The number of ketones is 1. The summed E-state index contributed by atoms with van der Waals surface area (Å²) in [6, 6.07) is 0. The summed E-state index contributed by atoms with van der Waals surface area (Å²) in [5, 5.41) is 0. The predicted octanol–water partition coefficient (Wildman–Crippen LogP) is 3.86. The lowest BCUT2D eigenvalue weighted by Gasteiger charge is -2.14. The van der Waals surface area contributed by atoms with Crippen LogP contribution >= 0.6 is 0 Å². The van der Waals surface area contributed by atoms with Gasteiger partial charge in [-0.25, -0.2) is 0 Å². The van der Waals surface area contributed by atoms with Crippen LogP contribution < -0.4 is 0 Å². The normalized spacial score (nSPS) is 12.4. The molecule has 17 heavy (non-hydrogen) atoms. The fourth-order valence-electron chi connectivity index (χ4n) is 1.29. The van der Waals surface area contributed by atoms with E-state index >= 15 is 0 Å². The molecule has 0 bridgehead atoms. The van der Waals surface area contributed by atoms with E-state index in [0.29, 0.717) is 0 Å². The van der Waals surface area contributed by atoms with Crippen LogP contribution in [-0.4, -0.2) is 12.1 Å². The van der Waals surface area contributed by atoms with Gasteiger partial charge in [-0.3, -0.25) is 4.79 Å². The molecule has 2 nitrogen and oxygen atoms in total. The second kappa shape index (κ2) is 8.91. The summed E-state index contributed by atoms with van der Waals surface area (Å²) in [5.74, 6) is 0.0324. The highest BCUT2D eigenvalue weighted by atomic mass is 16.1. The van der Waals surface area contributed by atoms with Crippen molar-refractivity contribution in [1.29, 1.82) is 0 Å². The SMILES string of the molecule is CCCCC=CC(=O)C=CCCC(C)(C)C=O. The van der Waals surface area contributed by atoms with E-state index in [1.807, 2.05) is 26.0 Å². The van der Waals surface area contributed by atoms with Gasteiger partial charge in [-0.1, -0.05) is 45.8 Å². The van der Waals surface area contributed by atoms with Crippen molar-refractivity contribution in [3.05, 3.63) is 24.3 Å². The van der Waals surface area contributed by atoms with E-state index in [0.717, 1.165) is 38.4 Å². The second-order valence-electron chi connectivity index (χ2n) is 4.99. The summed E-state index contributed by atoms with van der Waals surface area (Å²) >= 11 is 0. The van der Waals surface area contributed by atoms with Crippen molar-refractivity contribution in [1.82, 2.24) is 0 Å². The van der Waals surface area contributed by atoms with Crippen LogP contribution in [-0.2, 0) is 9.59 Å². The van der Waals surface area contributed by atoms with Gasteiger partial charge in [0, 0.05) is 5.41 Å². The standard InChI is InChI=1S/C15H24O2/c1-4-5-6-7-10-14(17)11-8-9-12-15(2,3)13-16/h7-8,10-11,13H,4-6,9,12H2,1-3H3. The summed E-state index contributed by atoms with van der Waals surface area (Å²) in [7, 11) is 0. The molecule has 0 radical (unpaired) electrons. The van der Waals surface area contributed by atoms with Crippen molar-refractivity contribution >= 4 is 12.1 Å². The first-order valence-corrected chi connectivity index (χ1v) is 6.35. The lowest BCUT2D eigenvalue weighted by atomic mass is 9.90. The fraction of sp³-hybridized carbons (Fsp3) is 0.600. The summed E-state index contributed by atoms with van der Waals surface area (Å²) < 4.78 is 0. The monoisotopic (exact) mass is 236 g/mol. The average molecular weight is 236 g/mol. The molecule has 0 amide bonds. The number of aldehydes is 1. The molecular formula is C15H24O2. The second-order valence-corrected chi connectivity index (χ2v) is 4.99. The number of unbranched alkanes of at least 4 members (excludes halogenated alkanes) is 2. The summed E-state index contributed by atoms with van der Waals surface area (Å²) in [6.07, 6.45) is 12.7. The van der Waals surface area contributed by atoms with Crippen molar-refractivity contribution in [3.8, 4) is 0 Å². The molecule has 96 valence electrons. The Bertz CT molecular complexity index is 285. The lowest BCUT2D eigenvalue weighted by molar-refractivity contribution is -0.115. The Morgan fingerprint density at radius 1 is 1.12 bits per heavy atom. The molecule has 0 aromatic carbocycles. The minimum Gasteiger partial charge on any atom is -0.303 e. The Morgan fingerprint density at radius 2 is 1.71 bits per heavy atom. The first-order valence-electron chi connectivity index (χ1n) is 6.35. The van der Waals surface area contributed by atoms with Crippen LogP contribution in [0.15, 0.2) is 24.3 Å². The molecular weight excluding hydrogens is 212 g/mol. The van der Waals surface area contributed by atoms with Crippen LogP contribution in [0.25, 0.3) is 0 Å². The molecule has 0 aliphatic rings. The Balaban J connectivity index is 3.81. The first-order chi connectivity index (χ1) is 8.02. The van der Waals surface area contributed by atoms with E-state index in [1.165, 1.54) is 0 Å². The number of rotatable bonds is 9. The van der Waals surface area contributed by atoms with Crippen LogP contribution in [0.4, 0.5) is 0 Å². The minimum absolute atomic E-state index is 0.0324. The molecule has 2 heteroatoms. The molecule has 0 rings (SSSR count). The molecule has 0 heterocycles. The average Bonchev–Trinajstić information content (AvgIpc) is 2.30. The number of carbonyl (C=O) groups excluding carboxylic acids is 2. The van der Waals surface area contributed by atoms with E-state index in [-0.39, 0.29) is 11.2 Å². The zero-order chi connectivity index (χ0) is 13.1. The van der Waals surface area contributed by atoms with Crippen molar-refractivity contribution in [2.45, 2.75) is 52.9 Å². The summed E-state index contributed by atoms with van der Waals surface area (Å²) in [4.78, 5) is 22.0. The Labute approximate surface area is 105 Å². The molecule has 0 saturated carbocycles. The predicted molar refractivity (Wildman–Crippen MR) is 71.9 cm³/mol. The van der Waals surface area contributed by atoms with Gasteiger partial charge in [0.1, 0.15) is 6.29 Å². The maximum atomic E-state index is 11.4. The Hall–Kier alpha value is -1.18. The van der Waals surface area contributed by atoms with Gasteiger partial charge in [0.25, 0.3) is 0 Å². The molecule has 0 saturated heterocycles. The molecule has 0 spiro atoms. The molecule has 0 aromatic rings. The van der Waals surface area contributed by atoms with E-state index < -0.39 is 0 Å². The van der Waals surface area contributed by atoms with Crippen LogP contribution in [0.3, 0.4) is 0 Å². The third-order valence-corrected chi connectivity index (χ3v) is 2.56. The molecule has 0 atom stereocenters. The molecule has 0 N–H and O–H groups in total. The van der Waals surface area contributed by atoms with Gasteiger partial charge in [-0.15, -0.1) is 0 Å². The number of hydrogen-bond donors (Lipinski definition) is 0. The van der Waals surface area contributed by atoms with Gasteiger partial charge in [0.05, 0.1) is 0 Å². The highest BCUT2D eigenvalue weighted by Gasteiger charge is 2.14.